The van der Waals surface area contributed by atoms with Crippen LogP contribution in [0.3, 0.4) is 0 Å². The normalized spacial score (nSPS) is 16.3. The van der Waals surface area contributed by atoms with Gasteiger partial charge in [-0.25, -0.2) is 0 Å². The molecule has 100 valence electrons. The Bertz CT molecular complexity index is 508. The molecule has 0 spiro atoms. The lowest BCUT2D eigenvalue weighted by molar-refractivity contribution is 0.303. The van der Waals surface area contributed by atoms with Gasteiger partial charge in [0.1, 0.15) is 5.75 Å². The van der Waals surface area contributed by atoms with Gasteiger partial charge in [-0.05, 0) is 48.6 Å². The molecule has 0 aliphatic heterocycles. The summed E-state index contributed by atoms with van der Waals surface area (Å²) in [5.74, 6) is 0.962. The molecule has 1 aromatic heterocycles. The molecule has 1 aromatic carbocycles. The first-order chi connectivity index (χ1) is 9.36. The van der Waals surface area contributed by atoms with Crippen molar-refractivity contribution in [1.29, 1.82) is 0 Å². The van der Waals surface area contributed by atoms with Crippen LogP contribution < -0.4 is 10.1 Å². The fourth-order valence-electron chi connectivity index (χ4n) is 2.01. The van der Waals surface area contributed by atoms with Gasteiger partial charge < -0.3 is 10.1 Å². The van der Waals surface area contributed by atoms with Gasteiger partial charge in [0.15, 0.2) is 0 Å². The maximum absolute atomic E-state index is 5.77. The molecule has 0 radical (unpaired) electrons. The Morgan fingerprint density at radius 3 is 2.74 bits per heavy atom. The van der Waals surface area contributed by atoms with Crippen molar-refractivity contribution in [3.8, 4) is 5.75 Å². The van der Waals surface area contributed by atoms with Crippen LogP contribution in [0.25, 0.3) is 0 Å². The van der Waals surface area contributed by atoms with Crippen LogP contribution in [0.5, 0.6) is 5.75 Å². The molecule has 0 saturated heterocycles. The van der Waals surface area contributed by atoms with Crippen LogP contribution in [0.4, 0.5) is 0 Å². The molecule has 1 aliphatic rings. The third kappa shape index (κ3) is 3.11. The third-order valence-electron chi connectivity index (χ3n) is 3.11. The van der Waals surface area contributed by atoms with E-state index in [9.17, 15) is 0 Å². The van der Waals surface area contributed by atoms with E-state index in [0.717, 1.165) is 17.2 Å². The summed E-state index contributed by atoms with van der Waals surface area (Å²) in [4.78, 5) is 1.14. The molecular weight excluding hydrogens is 258 g/mol. The molecule has 1 saturated carbocycles. The predicted molar refractivity (Wildman–Crippen MR) is 75.5 cm³/mol. The van der Waals surface area contributed by atoms with Crippen molar-refractivity contribution < 1.29 is 4.74 Å². The highest BCUT2D eigenvalue weighted by Gasteiger charge is 2.23. The molecule has 0 amide bonds. The minimum absolute atomic E-state index is 0.167. The Labute approximate surface area is 117 Å². The number of nitrogens with one attached hydrogen (secondary N) is 1. The van der Waals surface area contributed by atoms with E-state index in [2.05, 4.69) is 34.0 Å². The van der Waals surface area contributed by atoms with Crippen LogP contribution in [0.1, 0.15) is 36.2 Å². The Hall–Kier alpha value is -1.46. The highest BCUT2D eigenvalue weighted by molar-refractivity contribution is 7.05. The van der Waals surface area contributed by atoms with Crippen LogP contribution in [-0.4, -0.2) is 22.2 Å². The van der Waals surface area contributed by atoms with Crippen molar-refractivity contribution in [2.75, 3.05) is 6.54 Å². The standard InChI is InChI=1S/C14H17N3OS/c1-2-15-14(13-9-16-17-19-13)10-3-5-11(6-4-10)18-12-7-8-12/h3-6,9,12,14-15H,2,7-8H2,1H3. The number of ether oxygens (including phenoxy) is 1. The maximum atomic E-state index is 5.77. The average molecular weight is 275 g/mol. The zero-order chi connectivity index (χ0) is 13.1. The Morgan fingerprint density at radius 2 is 2.16 bits per heavy atom. The van der Waals surface area contributed by atoms with E-state index >= 15 is 0 Å². The number of hydrogen-bond donors (Lipinski definition) is 1. The Morgan fingerprint density at radius 1 is 1.37 bits per heavy atom. The molecule has 3 rings (SSSR count). The Balaban J connectivity index is 1.77. The minimum Gasteiger partial charge on any atom is -0.490 e. The Kier molecular flexibility index (Phi) is 3.75. The molecule has 1 unspecified atom stereocenters. The van der Waals surface area contributed by atoms with Crippen LogP contribution in [0.2, 0.25) is 0 Å². The second-order valence-corrected chi connectivity index (χ2v) is 5.51. The van der Waals surface area contributed by atoms with Crippen molar-refractivity contribution in [2.45, 2.75) is 31.9 Å². The topological polar surface area (TPSA) is 47.0 Å². The van der Waals surface area contributed by atoms with E-state index in [1.54, 1.807) is 0 Å². The molecule has 1 N–H and O–H groups in total. The predicted octanol–water partition coefficient (Wildman–Crippen LogP) is 2.78. The van der Waals surface area contributed by atoms with Gasteiger partial charge in [0.2, 0.25) is 0 Å². The van der Waals surface area contributed by atoms with Crippen LogP contribution >= 0.6 is 11.5 Å². The first-order valence-corrected chi connectivity index (χ1v) is 7.41. The molecule has 0 bridgehead atoms. The van der Waals surface area contributed by atoms with Gasteiger partial charge in [-0.15, -0.1) is 5.10 Å². The van der Waals surface area contributed by atoms with E-state index in [1.165, 1.54) is 29.9 Å². The summed E-state index contributed by atoms with van der Waals surface area (Å²) in [5.41, 5.74) is 1.22. The van der Waals surface area contributed by atoms with Crippen molar-refractivity contribution >= 4 is 11.5 Å². The van der Waals surface area contributed by atoms with E-state index in [1.807, 2.05) is 18.3 Å². The van der Waals surface area contributed by atoms with Gasteiger partial charge >= 0.3 is 0 Å². The fraction of sp³-hybridized carbons (Fsp3) is 0.429. The zero-order valence-electron chi connectivity index (χ0n) is 10.9. The summed E-state index contributed by atoms with van der Waals surface area (Å²) in [5, 5.41) is 7.38. The molecule has 1 aliphatic carbocycles. The molecule has 1 atom stereocenters. The molecule has 19 heavy (non-hydrogen) atoms. The molecular formula is C14H17N3OS. The largest absolute Gasteiger partial charge is 0.490 e. The van der Waals surface area contributed by atoms with E-state index in [4.69, 9.17) is 4.74 Å². The molecule has 5 heteroatoms. The number of benzene rings is 1. The van der Waals surface area contributed by atoms with E-state index in [0.29, 0.717) is 6.10 Å². The molecule has 1 fully saturated rings. The highest BCUT2D eigenvalue weighted by Crippen LogP contribution is 2.29. The van der Waals surface area contributed by atoms with Gasteiger partial charge in [0, 0.05) is 0 Å². The summed E-state index contributed by atoms with van der Waals surface area (Å²) >= 11 is 1.44. The first kappa shape index (κ1) is 12.6. The summed E-state index contributed by atoms with van der Waals surface area (Å²) in [6.45, 7) is 3.01. The average Bonchev–Trinajstić information content (AvgIpc) is 3.08. The van der Waals surface area contributed by atoms with Crippen molar-refractivity contribution in [3.63, 3.8) is 0 Å². The van der Waals surface area contributed by atoms with Crippen molar-refractivity contribution in [2.24, 2.45) is 0 Å². The number of nitrogens with zero attached hydrogens (tertiary/aromatic N) is 2. The summed E-state index contributed by atoms with van der Waals surface area (Å²) in [6, 6.07) is 8.49. The minimum atomic E-state index is 0.167. The smallest absolute Gasteiger partial charge is 0.119 e. The summed E-state index contributed by atoms with van der Waals surface area (Å²) in [7, 11) is 0. The maximum Gasteiger partial charge on any atom is 0.119 e. The lowest BCUT2D eigenvalue weighted by atomic mass is 10.1. The monoisotopic (exact) mass is 275 g/mol. The second kappa shape index (κ2) is 5.67. The fourth-order valence-corrected chi connectivity index (χ4v) is 2.61. The van der Waals surface area contributed by atoms with Gasteiger partial charge in [-0.2, -0.15) is 0 Å². The third-order valence-corrected chi connectivity index (χ3v) is 3.84. The van der Waals surface area contributed by atoms with Crippen LogP contribution in [0, 0.1) is 0 Å². The van der Waals surface area contributed by atoms with Gasteiger partial charge in [0.25, 0.3) is 0 Å². The van der Waals surface area contributed by atoms with Crippen LogP contribution in [0.15, 0.2) is 30.5 Å². The van der Waals surface area contributed by atoms with Crippen LogP contribution in [-0.2, 0) is 0 Å². The molecule has 1 heterocycles. The lowest BCUT2D eigenvalue weighted by Crippen LogP contribution is -2.21. The first-order valence-electron chi connectivity index (χ1n) is 6.64. The highest BCUT2D eigenvalue weighted by atomic mass is 32.1. The molecule has 2 aromatic rings. The van der Waals surface area contributed by atoms with Gasteiger partial charge in [0.05, 0.1) is 23.2 Å². The second-order valence-electron chi connectivity index (χ2n) is 4.70. The zero-order valence-corrected chi connectivity index (χ0v) is 11.7. The van der Waals surface area contributed by atoms with Crippen molar-refractivity contribution in [3.05, 3.63) is 40.9 Å². The van der Waals surface area contributed by atoms with E-state index < -0.39 is 0 Å². The quantitative estimate of drug-likeness (QED) is 0.880. The summed E-state index contributed by atoms with van der Waals surface area (Å²) < 4.78 is 9.71. The number of aromatic nitrogens is 2. The van der Waals surface area contributed by atoms with E-state index in [-0.39, 0.29) is 6.04 Å². The number of hydrogen-bond acceptors (Lipinski definition) is 5. The summed E-state index contributed by atoms with van der Waals surface area (Å²) in [6.07, 6.45) is 4.65. The lowest BCUT2D eigenvalue weighted by Gasteiger charge is -2.16. The van der Waals surface area contributed by atoms with Crippen molar-refractivity contribution in [1.82, 2.24) is 14.9 Å². The SMILES string of the molecule is CCNC(c1ccc(OC2CC2)cc1)c1cnns1. The molecule has 4 nitrogen and oxygen atoms in total. The number of rotatable bonds is 6. The van der Waals surface area contributed by atoms with Gasteiger partial charge in [-0.1, -0.05) is 23.5 Å². The van der Waals surface area contributed by atoms with Gasteiger partial charge in [-0.3, -0.25) is 0 Å².